The summed E-state index contributed by atoms with van der Waals surface area (Å²) in [6, 6.07) is 9.25. The minimum atomic E-state index is -1.48. The van der Waals surface area contributed by atoms with Gasteiger partial charge in [-0.15, -0.1) is 0 Å². The van der Waals surface area contributed by atoms with E-state index in [2.05, 4.69) is 10.2 Å². The SMILES string of the molecule is COC(=O)C(O)CC(=O)NOCc1ccccc1. The van der Waals surface area contributed by atoms with Gasteiger partial charge in [-0.1, -0.05) is 30.3 Å². The number of aliphatic hydroxyl groups is 1. The van der Waals surface area contributed by atoms with E-state index in [4.69, 9.17) is 4.84 Å². The zero-order valence-corrected chi connectivity index (χ0v) is 9.96. The highest BCUT2D eigenvalue weighted by molar-refractivity contribution is 5.83. The van der Waals surface area contributed by atoms with E-state index in [0.29, 0.717) is 0 Å². The standard InChI is InChI=1S/C12H15NO5/c1-17-12(16)10(14)7-11(15)13-18-8-9-5-3-2-4-6-9/h2-6,10,14H,7-8H2,1H3,(H,13,15). The number of hydrogen-bond donors (Lipinski definition) is 2. The third-order valence-corrected chi connectivity index (χ3v) is 2.12. The highest BCUT2D eigenvalue weighted by atomic mass is 16.6. The fraction of sp³-hybridized carbons (Fsp3) is 0.333. The summed E-state index contributed by atoms with van der Waals surface area (Å²) in [6.45, 7) is 0.209. The van der Waals surface area contributed by atoms with Gasteiger partial charge in [0.15, 0.2) is 6.10 Å². The minimum Gasteiger partial charge on any atom is -0.467 e. The van der Waals surface area contributed by atoms with Gasteiger partial charge in [-0.05, 0) is 5.56 Å². The molecule has 0 aliphatic rings. The van der Waals surface area contributed by atoms with E-state index in [9.17, 15) is 14.7 Å². The molecule has 0 aromatic heterocycles. The number of amides is 1. The third-order valence-electron chi connectivity index (χ3n) is 2.12. The normalized spacial score (nSPS) is 11.7. The summed E-state index contributed by atoms with van der Waals surface area (Å²) in [5, 5.41) is 9.21. The van der Waals surface area contributed by atoms with Crippen LogP contribution >= 0.6 is 0 Å². The van der Waals surface area contributed by atoms with Crippen LogP contribution in [-0.2, 0) is 25.8 Å². The maximum atomic E-state index is 11.3. The van der Waals surface area contributed by atoms with Crippen LogP contribution in [0.2, 0.25) is 0 Å². The first-order chi connectivity index (χ1) is 8.63. The van der Waals surface area contributed by atoms with Crippen molar-refractivity contribution in [2.45, 2.75) is 19.1 Å². The van der Waals surface area contributed by atoms with Crippen LogP contribution in [0.1, 0.15) is 12.0 Å². The number of rotatable bonds is 6. The predicted octanol–water partition coefficient (Wildman–Crippen LogP) is 0.158. The molecule has 0 heterocycles. The van der Waals surface area contributed by atoms with E-state index in [1.54, 1.807) is 0 Å². The Morgan fingerprint density at radius 3 is 2.61 bits per heavy atom. The van der Waals surface area contributed by atoms with Crippen molar-refractivity contribution in [3.63, 3.8) is 0 Å². The molecule has 0 aliphatic carbocycles. The second-order valence-electron chi connectivity index (χ2n) is 3.54. The number of carbonyl (C=O) groups is 2. The number of nitrogens with one attached hydrogen (secondary N) is 1. The number of aliphatic hydroxyl groups excluding tert-OH is 1. The number of hydrogen-bond acceptors (Lipinski definition) is 5. The quantitative estimate of drug-likeness (QED) is 0.557. The first kappa shape index (κ1) is 14.1. The molecule has 0 radical (unpaired) electrons. The molecule has 98 valence electrons. The Bertz CT molecular complexity index is 393. The highest BCUT2D eigenvalue weighted by Gasteiger charge is 2.19. The van der Waals surface area contributed by atoms with Crippen LogP contribution in [0.4, 0.5) is 0 Å². The van der Waals surface area contributed by atoms with Gasteiger partial charge in [-0.25, -0.2) is 10.3 Å². The number of esters is 1. The van der Waals surface area contributed by atoms with Crippen LogP contribution in [0.5, 0.6) is 0 Å². The molecule has 0 spiro atoms. The molecule has 0 fully saturated rings. The van der Waals surface area contributed by atoms with Crippen molar-refractivity contribution in [3.8, 4) is 0 Å². The average molecular weight is 253 g/mol. The van der Waals surface area contributed by atoms with Crippen LogP contribution in [-0.4, -0.2) is 30.2 Å². The molecule has 1 aromatic rings. The molecular weight excluding hydrogens is 238 g/mol. The van der Waals surface area contributed by atoms with E-state index >= 15 is 0 Å². The monoisotopic (exact) mass is 253 g/mol. The van der Waals surface area contributed by atoms with Crippen molar-refractivity contribution in [3.05, 3.63) is 35.9 Å². The van der Waals surface area contributed by atoms with Gasteiger partial charge in [-0.2, -0.15) is 0 Å². The van der Waals surface area contributed by atoms with E-state index in [-0.39, 0.29) is 6.61 Å². The molecule has 1 unspecified atom stereocenters. The van der Waals surface area contributed by atoms with Gasteiger partial charge >= 0.3 is 5.97 Å². The summed E-state index contributed by atoms with van der Waals surface area (Å²) in [7, 11) is 1.13. The molecule has 6 nitrogen and oxygen atoms in total. The smallest absolute Gasteiger partial charge is 0.335 e. The molecule has 2 N–H and O–H groups in total. The molecule has 0 bridgehead atoms. The second kappa shape index (κ2) is 7.41. The maximum absolute atomic E-state index is 11.3. The van der Waals surface area contributed by atoms with E-state index < -0.39 is 24.4 Å². The number of methoxy groups -OCH3 is 1. The average Bonchev–Trinajstić information content (AvgIpc) is 2.38. The van der Waals surface area contributed by atoms with Gasteiger partial charge in [0.05, 0.1) is 20.1 Å². The van der Waals surface area contributed by atoms with Gasteiger partial charge in [0.2, 0.25) is 5.91 Å². The molecule has 1 amide bonds. The third kappa shape index (κ3) is 4.94. The molecule has 1 atom stereocenters. The molecule has 1 rings (SSSR count). The van der Waals surface area contributed by atoms with E-state index in [1.807, 2.05) is 30.3 Å². The minimum absolute atomic E-state index is 0.209. The Hall–Kier alpha value is -1.92. The van der Waals surface area contributed by atoms with Crippen LogP contribution in [0, 0.1) is 0 Å². The Morgan fingerprint density at radius 2 is 2.00 bits per heavy atom. The van der Waals surface area contributed by atoms with Crippen LogP contribution < -0.4 is 5.48 Å². The van der Waals surface area contributed by atoms with E-state index in [0.717, 1.165) is 12.7 Å². The van der Waals surface area contributed by atoms with Gasteiger partial charge < -0.3 is 9.84 Å². The lowest BCUT2D eigenvalue weighted by molar-refractivity contribution is -0.154. The molecule has 0 saturated heterocycles. The van der Waals surface area contributed by atoms with Crippen molar-refractivity contribution >= 4 is 11.9 Å². The van der Waals surface area contributed by atoms with Crippen molar-refractivity contribution < 1.29 is 24.3 Å². The molecule has 6 heteroatoms. The van der Waals surface area contributed by atoms with Crippen molar-refractivity contribution in [1.29, 1.82) is 0 Å². The van der Waals surface area contributed by atoms with Crippen molar-refractivity contribution in [2.24, 2.45) is 0 Å². The Kier molecular flexibility index (Phi) is 5.83. The summed E-state index contributed by atoms with van der Waals surface area (Å²) in [6.07, 6.45) is -1.88. The van der Waals surface area contributed by atoms with Gasteiger partial charge in [0, 0.05) is 0 Å². The fourth-order valence-corrected chi connectivity index (χ4v) is 1.21. The number of carbonyl (C=O) groups excluding carboxylic acids is 2. The zero-order valence-electron chi connectivity index (χ0n) is 9.96. The first-order valence-electron chi connectivity index (χ1n) is 5.34. The molecule has 0 saturated carbocycles. The molecule has 1 aromatic carbocycles. The van der Waals surface area contributed by atoms with Gasteiger partial charge in [0.25, 0.3) is 0 Å². The van der Waals surface area contributed by atoms with Gasteiger partial charge in [-0.3, -0.25) is 9.63 Å². The first-order valence-corrected chi connectivity index (χ1v) is 5.34. The van der Waals surface area contributed by atoms with Crippen LogP contribution in [0.15, 0.2) is 30.3 Å². The molecule has 18 heavy (non-hydrogen) atoms. The highest BCUT2D eigenvalue weighted by Crippen LogP contribution is 1.99. The van der Waals surface area contributed by atoms with Crippen LogP contribution in [0.3, 0.4) is 0 Å². The Labute approximate surface area is 104 Å². The fourth-order valence-electron chi connectivity index (χ4n) is 1.21. The number of benzene rings is 1. The lowest BCUT2D eigenvalue weighted by Gasteiger charge is -2.09. The number of hydroxylamine groups is 1. The van der Waals surface area contributed by atoms with Crippen molar-refractivity contribution in [2.75, 3.05) is 7.11 Å². The van der Waals surface area contributed by atoms with E-state index in [1.165, 1.54) is 0 Å². The maximum Gasteiger partial charge on any atom is 0.335 e. The summed E-state index contributed by atoms with van der Waals surface area (Å²) in [5.74, 6) is -1.45. The summed E-state index contributed by atoms with van der Waals surface area (Å²) >= 11 is 0. The number of ether oxygens (including phenoxy) is 1. The molecule has 0 aliphatic heterocycles. The Morgan fingerprint density at radius 1 is 1.33 bits per heavy atom. The van der Waals surface area contributed by atoms with Crippen molar-refractivity contribution in [1.82, 2.24) is 5.48 Å². The summed E-state index contributed by atoms with van der Waals surface area (Å²) in [4.78, 5) is 27.0. The largest absolute Gasteiger partial charge is 0.467 e. The Balaban J connectivity index is 2.23. The summed E-state index contributed by atoms with van der Waals surface area (Å²) in [5.41, 5.74) is 3.03. The predicted molar refractivity (Wildman–Crippen MR) is 62.0 cm³/mol. The summed E-state index contributed by atoms with van der Waals surface area (Å²) < 4.78 is 4.28. The zero-order chi connectivity index (χ0) is 13.4. The lowest BCUT2D eigenvalue weighted by atomic mass is 10.2. The molecular formula is C12H15NO5. The lowest BCUT2D eigenvalue weighted by Crippen LogP contribution is -2.31. The van der Waals surface area contributed by atoms with Gasteiger partial charge in [0.1, 0.15) is 0 Å². The van der Waals surface area contributed by atoms with Crippen LogP contribution in [0.25, 0.3) is 0 Å². The topological polar surface area (TPSA) is 84.9 Å². The second-order valence-corrected chi connectivity index (χ2v) is 3.54.